The minimum absolute atomic E-state index is 0. The summed E-state index contributed by atoms with van der Waals surface area (Å²) in [5, 5.41) is 0. The van der Waals surface area contributed by atoms with Gasteiger partial charge < -0.3 is 5.73 Å². The minimum Gasteiger partial charge on any atom is -0.609 e. The molecule has 9 heteroatoms. The molecule has 0 aromatic carbocycles. The van der Waals surface area contributed by atoms with E-state index in [4.69, 9.17) is 5.73 Å². The van der Waals surface area contributed by atoms with Gasteiger partial charge in [0.15, 0.2) is 0 Å². The molecule has 1 N–H and O–H groups in total. The van der Waals surface area contributed by atoms with Crippen LogP contribution in [0.5, 0.6) is 0 Å². The van der Waals surface area contributed by atoms with E-state index >= 15 is 0 Å². The Morgan fingerprint density at radius 1 is 0.917 bits per heavy atom. The normalized spacial score (nSPS) is 8.50. The number of hydrogen-bond acceptors (Lipinski definition) is 0. The maximum atomic E-state index is 11.2. The molecule has 0 atom stereocenters. The van der Waals surface area contributed by atoms with Crippen molar-refractivity contribution in [3.05, 3.63) is 17.6 Å². The van der Waals surface area contributed by atoms with Gasteiger partial charge in [-0.1, -0.05) is 0 Å². The second kappa shape index (κ2) is 4.25. The third kappa shape index (κ3) is 4.51. The standard InChI is InChI=1S/C3HF5N.3Rf/c4-1(2(5)6)3(7,8)9;;;/h9H;;;/q-1;;;. The molecule has 0 aromatic rings. The largest absolute Gasteiger partial charge is 0.609 e. The van der Waals surface area contributed by atoms with E-state index in [0.717, 1.165) is 0 Å². The number of hydrogen-bond donors (Lipinski definition) is 0. The fourth-order valence-electron chi connectivity index (χ4n) is 0.119. The van der Waals surface area contributed by atoms with Crippen molar-refractivity contribution in [2.24, 2.45) is 0 Å². The van der Waals surface area contributed by atoms with E-state index in [2.05, 4.69) is 0 Å². The second-order valence-corrected chi connectivity index (χ2v) is 1.15. The fourth-order valence-corrected chi connectivity index (χ4v) is 0.119. The van der Waals surface area contributed by atoms with Gasteiger partial charge in [-0.2, -0.15) is 8.78 Å². The average Bonchev–Trinajstić information content (AvgIpc) is 1.62. The van der Waals surface area contributed by atoms with Crippen LogP contribution in [-0.4, -0.2) is 6.05 Å². The molecule has 0 spiro atoms. The Balaban J connectivity index is -0.000000107. The van der Waals surface area contributed by atoms with Crippen LogP contribution < -0.4 is 0 Å². The van der Waals surface area contributed by atoms with Crippen molar-refractivity contribution in [2.75, 3.05) is 0 Å². The summed E-state index contributed by atoms with van der Waals surface area (Å²) >= 11 is 0. The zero-order chi connectivity index (χ0) is 7.65. The number of nitrogens with one attached hydrogen (secondary N) is 1. The first-order valence-corrected chi connectivity index (χ1v) is 1.69. The summed E-state index contributed by atoms with van der Waals surface area (Å²) in [5.41, 5.74) is 5.42. The van der Waals surface area contributed by atoms with Crippen LogP contribution in [0.3, 0.4) is 0 Å². The number of halogens is 5. The average molecular weight is 947 g/mol. The van der Waals surface area contributed by atoms with Gasteiger partial charge in [0, 0.05) is 0 Å². The maximum Gasteiger partial charge on any atom is 0.305 e. The topological polar surface area (TPSA) is 23.8 Å². The van der Waals surface area contributed by atoms with E-state index in [1.54, 1.807) is 0 Å². The molecule has 0 saturated heterocycles. The molecule has 12 heavy (non-hydrogen) atoms. The van der Waals surface area contributed by atoms with Gasteiger partial charge in [-0.05, 0) is 0 Å². The van der Waals surface area contributed by atoms with E-state index in [9.17, 15) is 22.0 Å². The number of rotatable bonds is 1. The van der Waals surface area contributed by atoms with Crippen molar-refractivity contribution in [3.8, 4) is 0 Å². The second-order valence-electron chi connectivity index (χ2n) is 1.15. The Labute approximate surface area is 46.9 Å². The molecule has 1 nitrogen and oxygen atoms in total. The van der Waals surface area contributed by atoms with Crippen LogP contribution in [0.25, 0.3) is 5.73 Å². The van der Waals surface area contributed by atoms with Gasteiger partial charge in [-0.15, -0.1) is 0 Å². The minimum atomic E-state index is -4.81. The molecule has 0 saturated carbocycles. The summed E-state index contributed by atoms with van der Waals surface area (Å²) in [6.07, 6.45) is -3.16. The van der Waals surface area contributed by atoms with Crippen LogP contribution in [0.1, 0.15) is 0 Å². The van der Waals surface area contributed by atoms with Crippen molar-refractivity contribution in [2.45, 2.75) is 6.05 Å². The fraction of sp³-hybridized carbons (Fsp3) is 0.333. The first kappa shape index (κ1) is 23.8. The smallest absolute Gasteiger partial charge is 0.305 e. The molecule has 0 aliphatic rings. The Hall–Kier alpha value is -3.65. The summed E-state index contributed by atoms with van der Waals surface area (Å²) in [5.74, 6) is -3.00. The molecule has 0 aromatic heterocycles. The monoisotopic (exact) mass is 947 g/mol. The van der Waals surface area contributed by atoms with Gasteiger partial charge in [0.25, 0.3) is 0 Å². The molecular weight excluding hydrogens is 946 g/mol. The van der Waals surface area contributed by atoms with E-state index < -0.39 is 18.0 Å². The maximum absolute atomic E-state index is 11.2. The summed E-state index contributed by atoms with van der Waals surface area (Å²) in [7, 11) is 0. The van der Waals surface area contributed by atoms with Crippen LogP contribution in [0.4, 0.5) is 22.0 Å². The summed E-state index contributed by atoms with van der Waals surface area (Å²) in [6, 6.07) is -4.81. The van der Waals surface area contributed by atoms with Gasteiger partial charge in [-0.25, -0.2) is 13.2 Å². The zero-order valence-electron chi connectivity index (χ0n) is 6.01. The Bertz CT molecular complexity index is 139. The quantitative estimate of drug-likeness (QED) is 0.286. The summed E-state index contributed by atoms with van der Waals surface area (Å²) in [6.45, 7) is 0. The molecule has 0 amide bonds. The molecule has 0 bridgehead atoms. The third-order valence-electron chi connectivity index (χ3n) is 0.442. The van der Waals surface area contributed by atoms with Gasteiger partial charge in [0.05, 0.1) is 0 Å². The van der Waals surface area contributed by atoms with Crippen molar-refractivity contribution in [3.63, 3.8) is 0 Å². The Morgan fingerprint density at radius 3 is 1.17 bits per heavy atom. The van der Waals surface area contributed by atoms with Crippen molar-refractivity contribution in [1.29, 1.82) is 0 Å². The van der Waals surface area contributed by atoms with Crippen molar-refractivity contribution >= 4 is 0 Å². The predicted molar refractivity (Wildman–Crippen MR) is 19.6 cm³/mol. The van der Waals surface area contributed by atoms with E-state index in [-0.39, 0.29) is 0 Å². The van der Waals surface area contributed by atoms with Crippen LogP contribution in [0, 0.1) is 0 Å². The molecule has 0 aliphatic carbocycles. The van der Waals surface area contributed by atoms with Crippen LogP contribution in [0.2, 0.25) is 0 Å². The van der Waals surface area contributed by atoms with Gasteiger partial charge in [0.1, 0.15) is 0 Å². The zero-order valence-corrected chi connectivity index (χ0v) is 25.2. The SMILES string of the molecule is [NH-]C(F)(F)C(F)=C(F)F.[Rf].[Rf].[Rf]. The summed E-state index contributed by atoms with van der Waals surface area (Å²) < 4.78 is 55.1. The molecule has 0 radical (unpaired) electrons. The van der Waals surface area contributed by atoms with E-state index in [0.29, 0.717) is 0 Å². The van der Waals surface area contributed by atoms with E-state index in [1.165, 1.54) is 0 Å². The molecule has 0 aliphatic heterocycles. The van der Waals surface area contributed by atoms with Gasteiger partial charge in [0.2, 0.25) is 11.9 Å². The first-order valence-electron chi connectivity index (χ1n) is 1.69. The van der Waals surface area contributed by atoms with Crippen molar-refractivity contribution in [1.82, 2.24) is 0 Å². The molecule has 0 heterocycles. The van der Waals surface area contributed by atoms with Crippen LogP contribution >= 0.6 is 0 Å². The predicted octanol–water partition coefficient (Wildman–Crippen LogP) is 2.71. The Morgan fingerprint density at radius 2 is 1.17 bits per heavy atom. The summed E-state index contributed by atoms with van der Waals surface area (Å²) in [4.78, 5) is 0. The van der Waals surface area contributed by atoms with Gasteiger partial charge in [-0.3, -0.25) is 0 Å². The Kier molecular flexibility index (Phi) is 8.44. The van der Waals surface area contributed by atoms with Crippen molar-refractivity contribution < 1.29 is 22.0 Å². The number of alkyl halides is 2. The van der Waals surface area contributed by atoms with Crippen LogP contribution in [0.15, 0.2) is 11.9 Å². The molecule has 0 unspecified atom stereocenters. The van der Waals surface area contributed by atoms with Crippen LogP contribution in [-0.2, 0) is 0 Å². The van der Waals surface area contributed by atoms with Gasteiger partial charge >= 0.3 is 6.08 Å². The van der Waals surface area contributed by atoms with E-state index in [1.807, 2.05) is 0 Å². The molecule has 0 fully saturated rings. The molecule has 0 rings (SSSR count). The third-order valence-corrected chi connectivity index (χ3v) is 0.442. The molecule has 60 valence electrons. The first-order chi connectivity index (χ1) is 3.85. The molecular formula is C3HF5NRf3-.